The fourth-order valence-electron chi connectivity index (χ4n) is 0.502. The van der Waals surface area contributed by atoms with E-state index in [4.69, 9.17) is 4.55 Å². The Morgan fingerprint density at radius 3 is 1.42 bits per heavy atom. The van der Waals surface area contributed by atoms with Crippen LogP contribution in [0.1, 0.15) is 6.92 Å². The maximum absolute atomic E-state index is 9.75. The fourth-order valence-corrected chi connectivity index (χ4v) is 0.502. The van der Waals surface area contributed by atoms with Crippen molar-refractivity contribution in [2.24, 2.45) is 0 Å². The summed E-state index contributed by atoms with van der Waals surface area (Å²) in [5.74, 6) is -0.329. The summed E-state index contributed by atoms with van der Waals surface area (Å²) in [7, 11) is -3.90. The molecule has 0 spiro atoms. The predicted molar refractivity (Wildman–Crippen MR) is 77.3 cm³/mol. The molecule has 0 aromatic heterocycles. The van der Waals surface area contributed by atoms with Crippen LogP contribution in [0.3, 0.4) is 0 Å². The molecule has 0 aliphatic heterocycles. The van der Waals surface area contributed by atoms with Crippen LogP contribution in [0.25, 0.3) is 0 Å². The summed E-state index contributed by atoms with van der Waals surface area (Å²) >= 11 is 0. The summed E-state index contributed by atoms with van der Waals surface area (Å²) in [6.45, 7) is 7.27. The van der Waals surface area contributed by atoms with E-state index in [-0.39, 0.29) is 35.5 Å². The van der Waals surface area contributed by atoms with Gasteiger partial charge in [0.2, 0.25) is 0 Å². The predicted octanol–water partition coefficient (Wildman–Crippen LogP) is 1.75. The van der Waals surface area contributed by atoms with E-state index in [1.54, 1.807) is 0 Å². The van der Waals surface area contributed by atoms with Crippen LogP contribution < -0.4 is 0 Å². The average molecular weight is 296 g/mol. The molecule has 1 aromatic carbocycles. The Morgan fingerprint density at radius 1 is 1.11 bits per heavy atom. The molecule has 0 aliphatic carbocycles. The summed E-state index contributed by atoms with van der Waals surface area (Å²) < 4.78 is 30.7. The molecule has 1 aromatic rings. The van der Waals surface area contributed by atoms with E-state index in [0.29, 0.717) is 5.41 Å². The zero-order chi connectivity index (χ0) is 14.4. The molecule has 0 fully saturated rings. The Balaban J connectivity index is -0.000000197. The maximum atomic E-state index is 9.75. The first-order chi connectivity index (χ1) is 8.33. The summed E-state index contributed by atoms with van der Waals surface area (Å²) in [6.07, 6.45) is 1.10. The first-order valence-electron chi connectivity index (χ1n) is 4.71. The van der Waals surface area contributed by atoms with Gasteiger partial charge in [0.1, 0.15) is 0 Å². The molecule has 0 heterocycles. The van der Waals surface area contributed by atoms with Crippen molar-refractivity contribution in [2.75, 3.05) is 0 Å². The molecular weight excluding hydrogens is 279 g/mol. The Morgan fingerprint density at radius 2 is 1.37 bits per heavy atom. The van der Waals surface area contributed by atoms with Crippen molar-refractivity contribution < 1.29 is 22.5 Å². The topological polar surface area (TPSA) is 80.7 Å². The Kier molecular flexibility index (Phi) is 18.5. The minimum absolute atomic E-state index is 0. The average Bonchev–Trinajstić information content (AvgIpc) is 2.32. The third-order valence-corrected chi connectivity index (χ3v) is 1.55. The van der Waals surface area contributed by atoms with E-state index in [0.717, 1.165) is 6.26 Å². The van der Waals surface area contributed by atoms with Crippen LogP contribution in [0.2, 0.25) is 0 Å². The Hall–Kier alpha value is -0.920. The maximum Gasteiger partial charge on any atom is -0.0623 e. The van der Waals surface area contributed by atoms with Crippen molar-refractivity contribution >= 4 is 45.6 Å². The van der Waals surface area contributed by atoms with Gasteiger partial charge in [0.25, 0.3) is 10.1 Å². The van der Waals surface area contributed by atoms with E-state index >= 15 is 0 Å². The summed E-state index contributed by atoms with van der Waals surface area (Å²) in [6, 6.07) is 12.0. The van der Waals surface area contributed by atoms with Crippen molar-refractivity contribution in [3.05, 3.63) is 61.2 Å². The number of esters is 1. The van der Waals surface area contributed by atoms with Gasteiger partial charge in [-0.15, -0.1) is 0 Å². The second kappa shape index (κ2) is 15.1. The van der Waals surface area contributed by atoms with Gasteiger partial charge in [0.15, 0.2) is 0 Å². The summed E-state index contributed by atoms with van der Waals surface area (Å²) in [5.41, 5.74) is 0. The van der Waals surface area contributed by atoms with Crippen molar-refractivity contribution in [1.82, 2.24) is 0 Å². The van der Waals surface area contributed by atoms with Gasteiger partial charge < -0.3 is 4.74 Å². The molecule has 0 saturated heterocycles. The van der Waals surface area contributed by atoms with E-state index in [2.05, 4.69) is 17.9 Å². The Bertz CT molecular complexity index is 404. The molecule has 7 heteroatoms. The van der Waals surface area contributed by atoms with Crippen LogP contribution >= 0.6 is 0 Å². The van der Waals surface area contributed by atoms with Gasteiger partial charge >= 0.3 is 35.5 Å². The molecule has 102 valence electrons. The molecule has 0 aliphatic rings. The van der Waals surface area contributed by atoms with E-state index in [1.807, 2.05) is 36.4 Å². The van der Waals surface area contributed by atoms with Crippen LogP contribution in [0.15, 0.2) is 61.2 Å². The van der Waals surface area contributed by atoms with Crippen LogP contribution in [-0.4, -0.2) is 48.5 Å². The minimum atomic E-state index is -3.90. The number of hydrogen-bond donors (Lipinski definition) is 1. The van der Waals surface area contributed by atoms with Gasteiger partial charge in [-0.2, -0.15) is 8.42 Å². The van der Waals surface area contributed by atoms with Gasteiger partial charge in [-0.1, -0.05) is 49.6 Å². The zero-order valence-corrected chi connectivity index (χ0v) is 10.8. The third kappa shape index (κ3) is 31.6. The molecule has 1 rings (SSSR count). The van der Waals surface area contributed by atoms with Gasteiger partial charge in [-0.25, -0.2) is 0 Å². The van der Waals surface area contributed by atoms with Crippen molar-refractivity contribution in [3.8, 4) is 0 Å². The number of rotatable bonds is 2. The molecule has 0 atom stereocenters. The second-order valence-corrected chi connectivity index (χ2v) is 3.98. The molecule has 19 heavy (non-hydrogen) atoms. The van der Waals surface area contributed by atoms with E-state index in [1.165, 1.54) is 6.92 Å². The van der Waals surface area contributed by atoms with Crippen LogP contribution in [0.5, 0.6) is 0 Å². The molecular formula is C12H17NaO5S. The fraction of sp³-hybridized carbons (Fsp3) is 0.0833. The number of carbonyl (C=O) groups is 1. The standard InChI is InChI=1S/C6H6.C4H6O2.C2H4O3S.Na.H/c1-2-4-6-5-3-1;1-3-6-4(2)5;1-2-6(3,4)5;;/h1-6H;3H,1H2,2H3;2H,1H2,(H,3,4,5);;. The van der Waals surface area contributed by atoms with Gasteiger partial charge in [0.05, 0.1) is 11.7 Å². The molecule has 0 saturated carbocycles. The van der Waals surface area contributed by atoms with E-state index in [9.17, 15) is 13.2 Å². The quantitative estimate of drug-likeness (QED) is 0.389. The van der Waals surface area contributed by atoms with Crippen molar-refractivity contribution in [1.29, 1.82) is 0 Å². The number of benzene rings is 1. The molecule has 0 unspecified atom stereocenters. The Labute approximate surface area is 136 Å². The van der Waals surface area contributed by atoms with Crippen LogP contribution in [0, 0.1) is 0 Å². The van der Waals surface area contributed by atoms with Crippen LogP contribution in [-0.2, 0) is 19.6 Å². The summed E-state index contributed by atoms with van der Waals surface area (Å²) in [4.78, 5) is 9.75. The van der Waals surface area contributed by atoms with Crippen molar-refractivity contribution in [2.45, 2.75) is 6.92 Å². The van der Waals surface area contributed by atoms with Gasteiger partial charge in [-0.05, 0) is 0 Å². The molecule has 1 N–H and O–H groups in total. The van der Waals surface area contributed by atoms with Crippen LogP contribution in [0.4, 0.5) is 0 Å². The number of hydrogen-bond acceptors (Lipinski definition) is 4. The smallest absolute Gasteiger partial charge is 0.0623 e. The largest absolute Gasteiger partial charge is 0.0623 e. The minimum Gasteiger partial charge on any atom is -0.0623 e. The third-order valence-electron chi connectivity index (χ3n) is 1.13. The first-order valence-corrected chi connectivity index (χ1v) is 6.22. The molecule has 5 nitrogen and oxygen atoms in total. The monoisotopic (exact) mass is 296 g/mol. The normalized spacial score (nSPS) is 8.11. The molecule has 0 radical (unpaired) electrons. The SMILES string of the molecule is C=COC(C)=O.C=CS(=O)(=O)O.[NaH].c1ccccc1. The summed E-state index contributed by atoms with van der Waals surface area (Å²) in [5, 5.41) is 0.465. The van der Waals surface area contributed by atoms with Gasteiger partial charge in [0, 0.05) is 6.92 Å². The zero-order valence-electron chi connectivity index (χ0n) is 10.0. The van der Waals surface area contributed by atoms with E-state index < -0.39 is 10.1 Å². The first kappa shape index (κ1) is 23.2. The van der Waals surface area contributed by atoms with Crippen molar-refractivity contribution in [3.63, 3.8) is 0 Å². The number of carbonyl (C=O) groups excluding carboxylic acids is 1. The second-order valence-electron chi connectivity index (χ2n) is 2.61. The molecule has 0 bridgehead atoms. The van der Waals surface area contributed by atoms with Gasteiger partial charge in [-0.3, -0.25) is 9.35 Å². The number of ether oxygens (including phenoxy) is 1. The molecule has 0 amide bonds.